The average Bonchev–Trinajstić information content (AvgIpc) is 2.83. The highest BCUT2D eigenvalue weighted by Crippen LogP contribution is 2.30. The molecule has 7 heteroatoms. The number of fused-ring (bicyclic) bond motifs is 1. The van der Waals surface area contributed by atoms with Crippen molar-refractivity contribution >= 4 is 11.6 Å². The van der Waals surface area contributed by atoms with Crippen LogP contribution < -0.4 is 4.74 Å². The number of carboxylic acids is 1. The number of halogens is 2. The third-order valence-corrected chi connectivity index (χ3v) is 3.91. The number of pyridine rings is 1. The van der Waals surface area contributed by atoms with Gasteiger partial charge < -0.3 is 9.84 Å². The number of aromatic nitrogens is 2. The Morgan fingerprint density at radius 3 is 2.52 bits per heavy atom. The zero-order valence-electron chi connectivity index (χ0n) is 13.9. The summed E-state index contributed by atoms with van der Waals surface area (Å²) in [5, 5.41) is 9.37. The summed E-state index contributed by atoms with van der Waals surface area (Å²) in [5.74, 6) is -2.27. The van der Waals surface area contributed by atoms with Crippen molar-refractivity contribution in [3.8, 4) is 5.75 Å². The summed E-state index contributed by atoms with van der Waals surface area (Å²) in [6.07, 6.45) is 0.706. The molecule has 1 aromatic carbocycles. The first-order valence-electron chi connectivity index (χ1n) is 7.62. The monoisotopic (exact) mass is 346 g/mol. The van der Waals surface area contributed by atoms with Gasteiger partial charge in [0.2, 0.25) is 0 Å². The number of aryl methyl sites for hydroxylation is 2. The van der Waals surface area contributed by atoms with Gasteiger partial charge in [0, 0.05) is 6.20 Å². The van der Waals surface area contributed by atoms with Crippen LogP contribution >= 0.6 is 0 Å². The summed E-state index contributed by atoms with van der Waals surface area (Å²) in [6, 6.07) is 5.25. The minimum atomic E-state index is -1.12. The summed E-state index contributed by atoms with van der Waals surface area (Å²) in [6.45, 7) is 4.87. The predicted molar refractivity (Wildman–Crippen MR) is 87.0 cm³/mol. The van der Waals surface area contributed by atoms with Gasteiger partial charge in [-0.15, -0.1) is 0 Å². The van der Waals surface area contributed by atoms with Crippen molar-refractivity contribution in [2.24, 2.45) is 0 Å². The van der Waals surface area contributed by atoms with Crippen molar-refractivity contribution in [2.45, 2.75) is 26.9 Å². The van der Waals surface area contributed by atoms with E-state index in [2.05, 4.69) is 4.98 Å². The van der Waals surface area contributed by atoms with Gasteiger partial charge in [-0.2, -0.15) is 0 Å². The van der Waals surface area contributed by atoms with Crippen molar-refractivity contribution < 1.29 is 23.4 Å². The number of carboxylic acid groups (broad SMARTS) is 1. The van der Waals surface area contributed by atoms with Crippen LogP contribution in [-0.4, -0.2) is 20.5 Å². The Kier molecular flexibility index (Phi) is 4.16. The van der Waals surface area contributed by atoms with E-state index < -0.39 is 23.7 Å². The molecule has 3 rings (SSSR count). The third kappa shape index (κ3) is 2.93. The van der Waals surface area contributed by atoms with E-state index >= 15 is 0 Å². The molecule has 0 amide bonds. The molecule has 0 aliphatic carbocycles. The molecular weight excluding hydrogens is 330 g/mol. The number of benzene rings is 1. The summed E-state index contributed by atoms with van der Waals surface area (Å²) < 4.78 is 35.1. The van der Waals surface area contributed by atoms with Crippen LogP contribution in [0, 0.1) is 25.5 Å². The van der Waals surface area contributed by atoms with Gasteiger partial charge >= 0.3 is 5.97 Å². The molecular formula is C18H16F2N2O3. The molecule has 0 saturated heterocycles. The fourth-order valence-corrected chi connectivity index (χ4v) is 2.85. The first-order chi connectivity index (χ1) is 11.8. The number of aromatic carboxylic acids is 1. The topological polar surface area (TPSA) is 63.8 Å². The lowest BCUT2D eigenvalue weighted by molar-refractivity contribution is 0.0688. The molecule has 3 aromatic rings. The molecule has 1 N–H and O–H groups in total. The second-order valence-corrected chi connectivity index (χ2v) is 5.82. The Labute approximate surface area is 142 Å². The summed E-state index contributed by atoms with van der Waals surface area (Å²) in [7, 11) is 0. The number of rotatable bonds is 4. The zero-order chi connectivity index (χ0) is 18.3. The normalized spacial score (nSPS) is 12.4. The van der Waals surface area contributed by atoms with E-state index in [1.54, 1.807) is 26.1 Å². The minimum Gasteiger partial charge on any atom is -0.482 e. The second kappa shape index (κ2) is 6.16. The number of imidazole rings is 1. The van der Waals surface area contributed by atoms with Crippen molar-refractivity contribution in [2.75, 3.05) is 0 Å². The maximum absolute atomic E-state index is 14.0. The lowest BCUT2D eigenvalue weighted by Gasteiger charge is -2.17. The van der Waals surface area contributed by atoms with Gasteiger partial charge in [-0.1, -0.05) is 6.07 Å². The first kappa shape index (κ1) is 16.9. The number of ether oxygens (including phenoxy) is 1. The van der Waals surface area contributed by atoms with E-state index in [1.165, 1.54) is 17.4 Å². The Hall–Kier alpha value is -2.96. The van der Waals surface area contributed by atoms with Gasteiger partial charge in [-0.25, -0.2) is 18.6 Å². The van der Waals surface area contributed by atoms with E-state index in [0.717, 1.165) is 17.7 Å². The fourth-order valence-electron chi connectivity index (χ4n) is 2.85. The lowest BCUT2D eigenvalue weighted by atomic mass is 10.1. The van der Waals surface area contributed by atoms with E-state index in [4.69, 9.17) is 4.74 Å². The molecule has 2 aromatic heterocycles. The van der Waals surface area contributed by atoms with Crippen LogP contribution in [0.3, 0.4) is 0 Å². The summed E-state index contributed by atoms with van der Waals surface area (Å²) in [4.78, 5) is 15.7. The fraction of sp³-hybridized carbons (Fsp3) is 0.222. The molecule has 0 bridgehead atoms. The van der Waals surface area contributed by atoms with Gasteiger partial charge in [0.25, 0.3) is 0 Å². The molecule has 0 radical (unpaired) electrons. The maximum Gasteiger partial charge on any atom is 0.354 e. The van der Waals surface area contributed by atoms with E-state index in [0.29, 0.717) is 5.69 Å². The van der Waals surface area contributed by atoms with Gasteiger partial charge in [-0.05, 0) is 44.5 Å². The number of carbonyl (C=O) groups is 1. The number of hydrogen-bond acceptors (Lipinski definition) is 3. The van der Waals surface area contributed by atoms with E-state index in [9.17, 15) is 18.7 Å². The van der Waals surface area contributed by atoms with Crippen molar-refractivity contribution in [1.29, 1.82) is 0 Å². The average molecular weight is 346 g/mol. The highest BCUT2D eigenvalue weighted by Gasteiger charge is 2.22. The highest BCUT2D eigenvalue weighted by atomic mass is 19.1. The summed E-state index contributed by atoms with van der Waals surface area (Å²) >= 11 is 0. The summed E-state index contributed by atoms with van der Waals surface area (Å²) in [5.41, 5.74) is 1.16. The smallest absolute Gasteiger partial charge is 0.354 e. The van der Waals surface area contributed by atoms with Crippen LogP contribution in [0.15, 0.2) is 30.5 Å². The molecule has 25 heavy (non-hydrogen) atoms. The molecule has 0 saturated carbocycles. The van der Waals surface area contributed by atoms with Gasteiger partial charge in [0.1, 0.15) is 17.7 Å². The second-order valence-electron chi connectivity index (χ2n) is 5.82. The Bertz CT molecular complexity index is 962. The van der Waals surface area contributed by atoms with Gasteiger partial charge in [-0.3, -0.25) is 4.40 Å². The molecule has 1 unspecified atom stereocenters. The molecule has 1 atom stereocenters. The first-order valence-corrected chi connectivity index (χ1v) is 7.62. The van der Waals surface area contributed by atoms with Crippen LogP contribution in [0.1, 0.15) is 40.3 Å². The Morgan fingerprint density at radius 1 is 1.28 bits per heavy atom. The van der Waals surface area contributed by atoms with Gasteiger partial charge in [0.05, 0.1) is 11.3 Å². The van der Waals surface area contributed by atoms with Crippen LogP contribution in [-0.2, 0) is 0 Å². The molecule has 0 spiro atoms. The van der Waals surface area contributed by atoms with Crippen molar-refractivity contribution in [3.05, 3.63) is 64.6 Å². The SMILES string of the molecule is Cc1cc(OC(C)c2c(F)cccc2F)c2nc(C)c(C(=O)O)n2c1. The standard InChI is InChI=1S/C18H16F2N2O3/c1-9-7-14(17-21-10(2)16(18(23)24)22(17)8-9)25-11(3)15-12(19)5-4-6-13(15)20/h4-8,11H,1-3H3,(H,23,24). The molecule has 0 aliphatic rings. The lowest BCUT2D eigenvalue weighted by Crippen LogP contribution is -2.10. The highest BCUT2D eigenvalue weighted by molar-refractivity contribution is 5.88. The molecule has 0 fully saturated rings. The third-order valence-electron chi connectivity index (χ3n) is 3.91. The van der Waals surface area contributed by atoms with Crippen LogP contribution in [0.4, 0.5) is 8.78 Å². The van der Waals surface area contributed by atoms with Crippen LogP contribution in [0.25, 0.3) is 5.65 Å². The number of nitrogens with zero attached hydrogens (tertiary/aromatic N) is 2. The zero-order valence-corrected chi connectivity index (χ0v) is 13.9. The maximum atomic E-state index is 14.0. The van der Waals surface area contributed by atoms with Crippen LogP contribution in [0.5, 0.6) is 5.75 Å². The largest absolute Gasteiger partial charge is 0.482 e. The number of hydrogen-bond donors (Lipinski definition) is 1. The van der Waals surface area contributed by atoms with E-state index in [-0.39, 0.29) is 22.7 Å². The molecule has 130 valence electrons. The minimum absolute atomic E-state index is 0.0216. The quantitative estimate of drug-likeness (QED) is 0.773. The Balaban J connectivity index is 2.10. The molecule has 0 aliphatic heterocycles. The van der Waals surface area contributed by atoms with Crippen molar-refractivity contribution in [1.82, 2.24) is 9.38 Å². The Morgan fingerprint density at radius 2 is 1.92 bits per heavy atom. The molecule has 5 nitrogen and oxygen atoms in total. The van der Waals surface area contributed by atoms with Gasteiger partial charge in [0.15, 0.2) is 17.1 Å². The van der Waals surface area contributed by atoms with Crippen LogP contribution in [0.2, 0.25) is 0 Å². The van der Waals surface area contributed by atoms with E-state index in [1.807, 2.05) is 0 Å². The molecule has 2 heterocycles. The predicted octanol–water partition coefficient (Wildman–Crippen LogP) is 4.07. The van der Waals surface area contributed by atoms with Crippen molar-refractivity contribution in [3.63, 3.8) is 0 Å².